The summed E-state index contributed by atoms with van der Waals surface area (Å²) >= 11 is 0. The first-order valence-electron chi connectivity index (χ1n) is 10.8. The van der Waals surface area contributed by atoms with Gasteiger partial charge in [0.25, 0.3) is 5.69 Å². The molecule has 0 aromatic heterocycles. The van der Waals surface area contributed by atoms with Crippen LogP contribution in [0.2, 0.25) is 0 Å². The van der Waals surface area contributed by atoms with E-state index in [-0.39, 0.29) is 29.6 Å². The molecule has 1 unspecified atom stereocenters. The van der Waals surface area contributed by atoms with Crippen LogP contribution < -0.4 is 4.90 Å². The van der Waals surface area contributed by atoms with Crippen LogP contribution in [0.4, 0.5) is 22.7 Å². The van der Waals surface area contributed by atoms with Gasteiger partial charge in [-0.15, -0.1) is 0 Å². The molecular weight excluding hydrogens is 420 g/mol. The summed E-state index contributed by atoms with van der Waals surface area (Å²) < 4.78 is 5.52. The van der Waals surface area contributed by atoms with Crippen molar-refractivity contribution in [2.45, 2.75) is 34.1 Å². The Bertz CT molecular complexity index is 993. The zero-order valence-electron chi connectivity index (χ0n) is 19.9. The van der Waals surface area contributed by atoms with Crippen LogP contribution in [-0.4, -0.2) is 31.1 Å². The predicted octanol–water partition coefficient (Wildman–Crippen LogP) is 6.62. The van der Waals surface area contributed by atoms with Gasteiger partial charge in [-0.2, -0.15) is 10.2 Å². The second-order valence-electron chi connectivity index (χ2n) is 9.24. The molecule has 176 valence electrons. The van der Waals surface area contributed by atoms with Crippen LogP contribution in [0.25, 0.3) is 0 Å². The molecule has 0 aliphatic heterocycles. The van der Waals surface area contributed by atoms with Gasteiger partial charge in [-0.05, 0) is 55.2 Å². The van der Waals surface area contributed by atoms with Crippen LogP contribution in [0.5, 0.6) is 0 Å². The van der Waals surface area contributed by atoms with E-state index in [9.17, 15) is 14.9 Å². The van der Waals surface area contributed by atoms with Gasteiger partial charge in [-0.25, -0.2) is 0 Å². The minimum Gasteiger partial charge on any atom is -0.463 e. The Morgan fingerprint density at radius 3 is 2.06 bits per heavy atom. The molecule has 0 spiro atoms. The molecular formula is C25H32N4O4. The number of benzene rings is 2. The van der Waals surface area contributed by atoms with Crippen LogP contribution >= 0.6 is 0 Å². The normalized spacial score (nSPS) is 12.4. The summed E-state index contributed by atoms with van der Waals surface area (Å²) in [6, 6.07) is 13.3. The second-order valence-corrected chi connectivity index (χ2v) is 9.24. The fourth-order valence-electron chi connectivity index (χ4n) is 3.11. The number of rotatable bonds is 10. The highest BCUT2D eigenvalue weighted by Crippen LogP contribution is 2.29. The molecule has 0 N–H and O–H groups in total. The van der Waals surface area contributed by atoms with Gasteiger partial charge in [0.05, 0.1) is 28.8 Å². The summed E-state index contributed by atoms with van der Waals surface area (Å²) in [6.07, 6.45) is 0.701. The number of ether oxygens (including phenoxy) is 1. The van der Waals surface area contributed by atoms with Crippen molar-refractivity contribution in [1.82, 2.24) is 0 Å². The monoisotopic (exact) mass is 452 g/mol. The van der Waals surface area contributed by atoms with E-state index >= 15 is 0 Å². The Hall–Kier alpha value is -3.55. The maximum atomic E-state index is 12.5. The molecule has 8 nitrogen and oxygen atoms in total. The number of nitrogens with zero attached hydrogens (tertiary/aromatic N) is 4. The Kier molecular flexibility index (Phi) is 8.85. The van der Waals surface area contributed by atoms with E-state index in [2.05, 4.69) is 37.6 Å². The predicted molar refractivity (Wildman–Crippen MR) is 130 cm³/mol. The molecule has 0 amide bonds. The molecule has 0 fully saturated rings. The average Bonchev–Trinajstić information content (AvgIpc) is 2.75. The number of nitro groups is 1. The standard InChI is InChI=1S/C25H32N4O4/c1-18(2)23(17-25(3,4)5)24(30)33-16-15-28(6)21-11-7-19(8-12-21)26-27-20-9-13-22(14-10-20)29(31)32/h7-14,23H,1,15-17H2,2-6H3. The molecule has 0 aliphatic rings. The van der Waals surface area contributed by atoms with Crippen molar-refractivity contribution in [2.75, 3.05) is 25.1 Å². The van der Waals surface area contributed by atoms with Gasteiger partial charge in [0.2, 0.25) is 0 Å². The number of hydrogen-bond donors (Lipinski definition) is 0. The topological polar surface area (TPSA) is 97.4 Å². The summed E-state index contributed by atoms with van der Waals surface area (Å²) in [5.74, 6) is -0.525. The van der Waals surface area contributed by atoms with Crippen molar-refractivity contribution in [3.63, 3.8) is 0 Å². The van der Waals surface area contributed by atoms with Crippen LogP contribution in [0.3, 0.4) is 0 Å². The van der Waals surface area contributed by atoms with Crippen molar-refractivity contribution >= 4 is 28.7 Å². The largest absolute Gasteiger partial charge is 0.463 e. The summed E-state index contributed by atoms with van der Waals surface area (Å²) in [6.45, 7) is 12.9. The van der Waals surface area contributed by atoms with E-state index in [0.29, 0.717) is 24.3 Å². The van der Waals surface area contributed by atoms with Gasteiger partial charge in [0, 0.05) is 24.9 Å². The Morgan fingerprint density at radius 1 is 1.09 bits per heavy atom. The van der Waals surface area contributed by atoms with E-state index in [0.717, 1.165) is 11.3 Å². The van der Waals surface area contributed by atoms with Crippen LogP contribution in [0.15, 0.2) is 70.9 Å². The summed E-state index contributed by atoms with van der Waals surface area (Å²) in [5.41, 5.74) is 2.98. The number of anilines is 1. The van der Waals surface area contributed by atoms with Gasteiger partial charge < -0.3 is 9.64 Å². The zero-order chi connectivity index (χ0) is 24.6. The molecule has 0 aliphatic carbocycles. The van der Waals surface area contributed by atoms with Crippen molar-refractivity contribution in [3.05, 3.63) is 70.8 Å². The maximum Gasteiger partial charge on any atom is 0.313 e. The highest BCUT2D eigenvalue weighted by Gasteiger charge is 2.26. The van der Waals surface area contributed by atoms with Crippen molar-refractivity contribution in [3.8, 4) is 0 Å². The van der Waals surface area contributed by atoms with E-state index < -0.39 is 4.92 Å². The molecule has 1 atom stereocenters. The first-order valence-corrected chi connectivity index (χ1v) is 10.8. The lowest BCUT2D eigenvalue weighted by molar-refractivity contribution is -0.384. The lowest BCUT2D eigenvalue weighted by Crippen LogP contribution is -2.28. The summed E-state index contributed by atoms with van der Waals surface area (Å²) in [4.78, 5) is 24.7. The van der Waals surface area contributed by atoms with E-state index in [1.54, 1.807) is 12.1 Å². The number of nitro benzene ring substituents is 1. The number of carbonyl (C=O) groups is 1. The van der Waals surface area contributed by atoms with E-state index in [1.165, 1.54) is 12.1 Å². The Labute approximate surface area is 195 Å². The van der Waals surface area contributed by atoms with Gasteiger partial charge in [-0.1, -0.05) is 32.9 Å². The minimum absolute atomic E-state index is 0.0105. The quantitative estimate of drug-likeness (QED) is 0.133. The number of hydrogen-bond acceptors (Lipinski definition) is 7. The average molecular weight is 453 g/mol. The molecule has 2 rings (SSSR count). The van der Waals surface area contributed by atoms with Crippen molar-refractivity contribution in [2.24, 2.45) is 21.6 Å². The van der Waals surface area contributed by atoms with Crippen LogP contribution in [0, 0.1) is 21.4 Å². The third kappa shape index (κ3) is 8.48. The molecule has 0 bridgehead atoms. The summed E-state index contributed by atoms with van der Waals surface area (Å²) in [5, 5.41) is 19.0. The highest BCUT2D eigenvalue weighted by molar-refractivity contribution is 5.75. The number of esters is 1. The number of non-ortho nitro benzene ring substituents is 1. The lowest BCUT2D eigenvalue weighted by atomic mass is 9.82. The molecule has 0 radical (unpaired) electrons. The third-order valence-electron chi connectivity index (χ3n) is 5.00. The first kappa shape index (κ1) is 25.7. The molecule has 33 heavy (non-hydrogen) atoms. The molecule has 0 saturated carbocycles. The van der Waals surface area contributed by atoms with Gasteiger partial charge in [0.1, 0.15) is 6.61 Å². The molecule has 2 aromatic carbocycles. The fourth-order valence-corrected chi connectivity index (χ4v) is 3.11. The molecule has 0 saturated heterocycles. The number of likely N-dealkylation sites (N-methyl/N-ethyl adjacent to an activating group) is 1. The molecule has 8 heteroatoms. The fraction of sp³-hybridized carbons (Fsp3) is 0.400. The third-order valence-corrected chi connectivity index (χ3v) is 5.00. The van der Waals surface area contributed by atoms with Crippen LogP contribution in [-0.2, 0) is 9.53 Å². The maximum absolute atomic E-state index is 12.5. The number of carbonyl (C=O) groups excluding carboxylic acids is 1. The van der Waals surface area contributed by atoms with E-state index in [1.807, 2.05) is 43.1 Å². The van der Waals surface area contributed by atoms with Crippen molar-refractivity contribution in [1.29, 1.82) is 0 Å². The zero-order valence-corrected chi connectivity index (χ0v) is 19.9. The number of azo groups is 1. The highest BCUT2D eigenvalue weighted by atomic mass is 16.6. The lowest BCUT2D eigenvalue weighted by Gasteiger charge is -2.25. The van der Waals surface area contributed by atoms with Gasteiger partial charge >= 0.3 is 5.97 Å². The Morgan fingerprint density at radius 2 is 1.61 bits per heavy atom. The van der Waals surface area contributed by atoms with Gasteiger partial charge in [-0.3, -0.25) is 14.9 Å². The smallest absolute Gasteiger partial charge is 0.313 e. The van der Waals surface area contributed by atoms with Crippen molar-refractivity contribution < 1.29 is 14.5 Å². The SMILES string of the molecule is C=C(C)C(CC(C)(C)C)C(=O)OCCN(C)c1ccc(N=Nc2ccc([N+](=O)[O-])cc2)cc1. The summed E-state index contributed by atoms with van der Waals surface area (Å²) in [7, 11) is 1.92. The second kappa shape index (κ2) is 11.4. The molecule has 2 aromatic rings. The minimum atomic E-state index is -0.457. The van der Waals surface area contributed by atoms with Gasteiger partial charge in [0.15, 0.2) is 0 Å². The van der Waals surface area contributed by atoms with Crippen LogP contribution in [0.1, 0.15) is 34.1 Å². The Balaban J connectivity index is 1.88. The first-order chi connectivity index (χ1) is 15.5. The molecule has 0 heterocycles. The van der Waals surface area contributed by atoms with E-state index in [4.69, 9.17) is 4.74 Å².